The van der Waals surface area contributed by atoms with Crippen molar-refractivity contribution < 1.29 is 19.2 Å². The van der Waals surface area contributed by atoms with E-state index < -0.39 is 0 Å². The maximum Gasteiger partial charge on any atom is 0.251 e. The van der Waals surface area contributed by atoms with E-state index in [9.17, 15) is 19.2 Å². The Hall–Kier alpha value is -7.46. The van der Waals surface area contributed by atoms with Crippen LogP contribution < -0.4 is 21.3 Å². The van der Waals surface area contributed by atoms with E-state index >= 15 is 0 Å². The summed E-state index contributed by atoms with van der Waals surface area (Å²) >= 11 is 0. The molecule has 0 aliphatic carbocycles. The first-order valence-electron chi connectivity index (χ1n) is 20.3. The van der Waals surface area contributed by atoms with Crippen molar-refractivity contribution in [2.45, 2.75) is 27.7 Å². The van der Waals surface area contributed by atoms with Gasteiger partial charge in [0.2, 0.25) is 0 Å². The Morgan fingerprint density at radius 3 is 0.717 bits per heavy atom. The number of hydrogen-bond donors (Lipinski definition) is 4. The molecule has 10 heteroatoms. The van der Waals surface area contributed by atoms with Crippen LogP contribution in [-0.4, -0.2) is 59.8 Å². The molecule has 0 radical (unpaired) electrons. The highest BCUT2D eigenvalue weighted by Crippen LogP contribution is 2.46. The minimum Gasteiger partial charge on any atom is -0.352 e. The predicted molar refractivity (Wildman–Crippen MR) is 240 cm³/mol. The van der Waals surface area contributed by atoms with Crippen LogP contribution in [0.1, 0.15) is 69.1 Å². The largest absolute Gasteiger partial charge is 0.352 e. The number of pyridine rings is 2. The number of nitrogens with zero attached hydrogens (tertiary/aromatic N) is 2. The first-order valence-corrected chi connectivity index (χ1v) is 20.3. The van der Waals surface area contributed by atoms with Gasteiger partial charge in [0.05, 0.1) is 22.8 Å². The maximum atomic E-state index is 12.7. The zero-order chi connectivity index (χ0) is 41.9. The van der Waals surface area contributed by atoms with Crippen LogP contribution in [0, 0.1) is 0 Å². The van der Waals surface area contributed by atoms with Crippen LogP contribution >= 0.6 is 0 Å². The molecule has 0 aliphatic heterocycles. The fraction of sp³-hybridized carbons (Fsp3) is 0.160. The Balaban J connectivity index is 1.42. The average Bonchev–Trinajstić information content (AvgIpc) is 3.28. The summed E-state index contributed by atoms with van der Waals surface area (Å²) in [5.74, 6) is -0.589. The Bertz CT molecular complexity index is 2510. The van der Waals surface area contributed by atoms with Crippen molar-refractivity contribution in [2.75, 3.05) is 26.2 Å². The molecule has 0 spiro atoms. The van der Waals surface area contributed by atoms with Crippen LogP contribution in [0.4, 0.5) is 0 Å². The van der Waals surface area contributed by atoms with Gasteiger partial charge in [-0.3, -0.25) is 19.2 Å². The lowest BCUT2D eigenvalue weighted by Gasteiger charge is -2.20. The summed E-state index contributed by atoms with van der Waals surface area (Å²) in [6.45, 7) is 9.65. The van der Waals surface area contributed by atoms with Crippen molar-refractivity contribution >= 4 is 55.9 Å². The van der Waals surface area contributed by atoms with Crippen LogP contribution in [0.25, 0.3) is 77.3 Å². The molecule has 0 fully saturated rings. The molecule has 0 unspecified atom stereocenters. The number of hydrogen-bond acceptors (Lipinski definition) is 6. The highest BCUT2D eigenvalue weighted by molar-refractivity contribution is 6.30. The quantitative estimate of drug-likeness (QED) is 0.0910. The fourth-order valence-corrected chi connectivity index (χ4v) is 7.80. The number of nitrogens with one attached hydrogen (secondary N) is 4. The number of carbonyl (C=O) groups excluding carboxylic acids is 4. The lowest BCUT2D eigenvalue weighted by atomic mass is 9.87. The van der Waals surface area contributed by atoms with Crippen molar-refractivity contribution in [1.29, 1.82) is 0 Å². The van der Waals surface area contributed by atoms with Crippen LogP contribution in [0.3, 0.4) is 0 Å². The van der Waals surface area contributed by atoms with Crippen molar-refractivity contribution in [1.82, 2.24) is 31.2 Å². The smallest absolute Gasteiger partial charge is 0.251 e. The molecule has 2 heterocycles. The number of aromatic nitrogens is 2. The van der Waals surface area contributed by atoms with Gasteiger partial charge in [0.15, 0.2) is 0 Å². The first kappa shape index (κ1) is 39.4. The third kappa shape index (κ3) is 7.28. The van der Waals surface area contributed by atoms with Gasteiger partial charge >= 0.3 is 0 Å². The van der Waals surface area contributed by atoms with Crippen LogP contribution in [0.15, 0.2) is 121 Å². The van der Waals surface area contributed by atoms with Gasteiger partial charge in [0.25, 0.3) is 23.6 Å². The van der Waals surface area contributed by atoms with Gasteiger partial charge in [-0.05, 0) is 76.2 Å². The molecule has 0 aliphatic rings. The molecular formula is C50H44N6O4. The summed E-state index contributed by atoms with van der Waals surface area (Å²) in [5.41, 5.74) is 8.49. The maximum absolute atomic E-state index is 12.7. The molecule has 8 rings (SSSR count). The number of carbonyl (C=O) groups is 4. The molecule has 10 nitrogen and oxygen atoms in total. The van der Waals surface area contributed by atoms with Gasteiger partial charge in [-0.25, -0.2) is 9.97 Å². The molecule has 8 aromatic rings. The van der Waals surface area contributed by atoms with Gasteiger partial charge in [-0.2, -0.15) is 0 Å². The van der Waals surface area contributed by atoms with Crippen LogP contribution in [0.5, 0.6) is 0 Å². The Morgan fingerprint density at radius 2 is 0.533 bits per heavy atom. The molecule has 2 aromatic heterocycles. The zero-order valence-corrected chi connectivity index (χ0v) is 33.9. The Labute approximate surface area is 347 Å². The standard InChI is InChI=1S/C50H44N6O4/c1-5-51-47(57)33-17-9-29(10-18-33)43-37-25-26-39-42-40(28-27-38(41(37)42)44(55-43)30-11-19-34(20-12-30)48(58)52-6-2)46(32-15-23-36(24-16-32)50(60)54-8-4)56-45(39)31-13-21-35(22-14-31)49(59)53-7-3/h9-28H,5-8H2,1-4H3,(H,51,57)(H,52,58)(H,53,59)(H,54,60). The Morgan fingerprint density at radius 1 is 0.333 bits per heavy atom. The Kier molecular flexibility index (Phi) is 11.0. The topological polar surface area (TPSA) is 142 Å². The number of rotatable bonds is 12. The van der Waals surface area contributed by atoms with Crippen molar-refractivity contribution in [2.24, 2.45) is 0 Å². The molecule has 0 saturated heterocycles. The molecule has 0 saturated carbocycles. The van der Waals surface area contributed by atoms with E-state index in [2.05, 4.69) is 45.5 Å². The SMILES string of the molecule is CCNC(=O)c1ccc(-c2nc(-c3ccc(C(=O)NCC)cc3)c3ccc4c(-c5ccc(C(=O)NCC)cc5)nc(-c5ccc(C(=O)NCC)cc5)c5ccc2c3c54)cc1. The van der Waals surface area contributed by atoms with Gasteiger partial charge < -0.3 is 21.3 Å². The van der Waals surface area contributed by atoms with Crippen molar-refractivity contribution in [3.8, 4) is 45.0 Å². The second-order valence-electron chi connectivity index (χ2n) is 14.4. The molecular weight excluding hydrogens is 749 g/mol. The summed E-state index contributed by atoms with van der Waals surface area (Å²) in [6.07, 6.45) is 0. The van der Waals surface area contributed by atoms with Gasteiger partial charge in [-0.15, -0.1) is 0 Å². The fourth-order valence-electron chi connectivity index (χ4n) is 7.80. The van der Waals surface area contributed by atoms with E-state index in [0.717, 1.165) is 77.3 Å². The third-order valence-corrected chi connectivity index (χ3v) is 10.7. The molecule has 60 heavy (non-hydrogen) atoms. The van der Waals surface area contributed by atoms with Gasteiger partial charge in [-0.1, -0.05) is 72.8 Å². The normalized spacial score (nSPS) is 11.2. The minimum atomic E-state index is -0.147. The highest BCUT2D eigenvalue weighted by atomic mass is 16.2. The second-order valence-corrected chi connectivity index (χ2v) is 14.4. The van der Waals surface area contributed by atoms with E-state index in [1.165, 1.54) is 0 Å². The molecule has 6 aromatic carbocycles. The van der Waals surface area contributed by atoms with E-state index in [4.69, 9.17) is 9.97 Å². The lowest BCUT2D eigenvalue weighted by Crippen LogP contribution is -2.22. The summed E-state index contributed by atoms with van der Waals surface area (Å²) in [4.78, 5) is 61.7. The minimum absolute atomic E-state index is 0.147. The molecule has 4 N–H and O–H groups in total. The highest BCUT2D eigenvalue weighted by Gasteiger charge is 2.23. The lowest BCUT2D eigenvalue weighted by molar-refractivity contribution is 0.0947. The van der Waals surface area contributed by atoms with E-state index in [0.29, 0.717) is 48.4 Å². The summed E-state index contributed by atoms with van der Waals surface area (Å²) < 4.78 is 0. The van der Waals surface area contributed by atoms with Gasteiger partial charge in [0, 0.05) is 103 Å². The molecule has 4 amide bonds. The van der Waals surface area contributed by atoms with Gasteiger partial charge in [0.1, 0.15) is 0 Å². The van der Waals surface area contributed by atoms with Crippen molar-refractivity contribution in [3.63, 3.8) is 0 Å². The van der Waals surface area contributed by atoms with Crippen LogP contribution in [0.2, 0.25) is 0 Å². The number of benzene rings is 6. The monoisotopic (exact) mass is 792 g/mol. The summed E-state index contributed by atoms with van der Waals surface area (Å²) in [6, 6.07) is 38.3. The molecule has 298 valence electrons. The number of amides is 4. The van der Waals surface area contributed by atoms with E-state index in [1.807, 2.05) is 125 Å². The predicted octanol–water partition coefficient (Wildman–Crippen LogP) is 9.04. The summed E-state index contributed by atoms with van der Waals surface area (Å²) in [7, 11) is 0. The van der Waals surface area contributed by atoms with E-state index in [-0.39, 0.29) is 23.6 Å². The summed E-state index contributed by atoms with van der Waals surface area (Å²) in [5, 5.41) is 17.1. The molecule has 0 atom stereocenters. The average molecular weight is 793 g/mol. The van der Waals surface area contributed by atoms with Crippen molar-refractivity contribution in [3.05, 3.63) is 144 Å². The molecule has 0 bridgehead atoms. The first-order chi connectivity index (χ1) is 29.2. The van der Waals surface area contributed by atoms with Crippen LogP contribution in [-0.2, 0) is 0 Å². The third-order valence-electron chi connectivity index (χ3n) is 10.7. The van der Waals surface area contributed by atoms with E-state index in [1.54, 1.807) is 0 Å². The zero-order valence-electron chi connectivity index (χ0n) is 33.9. The second kappa shape index (κ2) is 16.8.